The van der Waals surface area contributed by atoms with Gasteiger partial charge in [-0.3, -0.25) is 15.1 Å². The molecule has 4 nitrogen and oxygen atoms in total. The number of aromatic nitrogens is 2. The van der Waals surface area contributed by atoms with Crippen molar-refractivity contribution in [2.45, 2.75) is 25.7 Å². The maximum Gasteiger partial charge on any atom is 0.259 e. The highest BCUT2D eigenvalue weighted by Gasteiger charge is 2.16. The first-order valence-corrected chi connectivity index (χ1v) is 6.84. The Bertz CT molecular complexity index is 541. The fourth-order valence-corrected chi connectivity index (χ4v) is 3.12. The molecule has 0 aliphatic heterocycles. The van der Waals surface area contributed by atoms with Gasteiger partial charge < -0.3 is 0 Å². The molecule has 3 rings (SSSR count). The van der Waals surface area contributed by atoms with Crippen LogP contribution in [0.2, 0.25) is 0 Å². The minimum Gasteiger partial charge on any atom is -0.298 e. The summed E-state index contributed by atoms with van der Waals surface area (Å²) < 4.78 is 0. The van der Waals surface area contributed by atoms with E-state index in [1.165, 1.54) is 17.7 Å². The molecule has 92 valence electrons. The Morgan fingerprint density at radius 1 is 1.33 bits per heavy atom. The van der Waals surface area contributed by atoms with E-state index < -0.39 is 0 Å². The molecule has 0 fully saturated rings. The molecular formula is C13H13N3OS. The summed E-state index contributed by atoms with van der Waals surface area (Å²) in [4.78, 5) is 21.7. The number of hydrogen-bond donors (Lipinski definition) is 1. The van der Waals surface area contributed by atoms with Gasteiger partial charge in [0.15, 0.2) is 5.13 Å². The first-order valence-electron chi connectivity index (χ1n) is 6.03. The van der Waals surface area contributed by atoms with E-state index in [0.717, 1.165) is 18.5 Å². The second-order valence-electron chi connectivity index (χ2n) is 4.29. The maximum atomic E-state index is 11.9. The molecule has 0 saturated carbocycles. The van der Waals surface area contributed by atoms with Crippen LogP contribution in [0.15, 0.2) is 24.5 Å². The average molecular weight is 259 g/mol. The molecule has 18 heavy (non-hydrogen) atoms. The molecule has 0 aromatic carbocycles. The van der Waals surface area contributed by atoms with E-state index in [1.807, 2.05) is 0 Å². The van der Waals surface area contributed by atoms with E-state index in [0.29, 0.717) is 10.7 Å². The van der Waals surface area contributed by atoms with E-state index >= 15 is 0 Å². The number of carbonyl (C=O) groups excluding carboxylic acids is 1. The Kier molecular flexibility index (Phi) is 3.06. The van der Waals surface area contributed by atoms with E-state index in [2.05, 4.69) is 15.3 Å². The second-order valence-corrected chi connectivity index (χ2v) is 5.38. The third kappa shape index (κ3) is 2.26. The zero-order valence-corrected chi connectivity index (χ0v) is 10.7. The van der Waals surface area contributed by atoms with E-state index in [-0.39, 0.29) is 5.91 Å². The van der Waals surface area contributed by atoms with Crippen molar-refractivity contribution in [2.75, 3.05) is 5.32 Å². The molecule has 0 bridgehead atoms. The highest BCUT2D eigenvalue weighted by Crippen LogP contribution is 2.29. The van der Waals surface area contributed by atoms with Gasteiger partial charge in [-0.15, -0.1) is 11.3 Å². The molecule has 2 aromatic rings. The number of nitrogens with one attached hydrogen (secondary N) is 1. The second kappa shape index (κ2) is 4.86. The minimum absolute atomic E-state index is 0.144. The summed E-state index contributed by atoms with van der Waals surface area (Å²) in [5.74, 6) is -0.144. The predicted octanol–water partition coefficient (Wildman–Crippen LogP) is 2.67. The van der Waals surface area contributed by atoms with Crippen molar-refractivity contribution in [1.29, 1.82) is 0 Å². The highest BCUT2D eigenvalue weighted by atomic mass is 32.1. The van der Waals surface area contributed by atoms with Crippen molar-refractivity contribution in [1.82, 2.24) is 9.97 Å². The van der Waals surface area contributed by atoms with Crippen molar-refractivity contribution in [3.05, 3.63) is 40.7 Å². The lowest BCUT2D eigenvalue weighted by atomic mass is 10.0. The molecule has 1 amide bonds. The SMILES string of the molecule is O=C(Nc1nc2c(s1)CCCC2)c1cccnc1. The van der Waals surface area contributed by atoms with Crippen molar-refractivity contribution in [3.8, 4) is 0 Å². The first-order chi connectivity index (χ1) is 8.83. The number of hydrogen-bond acceptors (Lipinski definition) is 4. The largest absolute Gasteiger partial charge is 0.298 e. The summed E-state index contributed by atoms with van der Waals surface area (Å²) in [5.41, 5.74) is 1.72. The van der Waals surface area contributed by atoms with Crippen LogP contribution in [0.25, 0.3) is 0 Å². The van der Waals surface area contributed by atoms with Crippen molar-refractivity contribution in [3.63, 3.8) is 0 Å². The van der Waals surface area contributed by atoms with Gasteiger partial charge in [0.2, 0.25) is 0 Å². The fourth-order valence-electron chi connectivity index (χ4n) is 2.07. The summed E-state index contributed by atoms with van der Waals surface area (Å²) in [6, 6.07) is 3.50. The van der Waals surface area contributed by atoms with Crippen LogP contribution in [-0.4, -0.2) is 15.9 Å². The number of rotatable bonds is 2. The first kappa shape index (κ1) is 11.3. The van der Waals surface area contributed by atoms with E-state index in [1.54, 1.807) is 35.9 Å². The molecule has 0 saturated heterocycles. The van der Waals surface area contributed by atoms with Gasteiger partial charge in [-0.05, 0) is 37.8 Å². The Balaban J connectivity index is 1.77. The van der Waals surface area contributed by atoms with Crippen LogP contribution in [0, 0.1) is 0 Å². The van der Waals surface area contributed by atoms with Crippen LogP contribution < -0.4 is 5.32 Å². The third-order valence-electron chi connectivity index (χ3n) is 2.99. The Morgan fingerprint density at radius 2 is 2.22 bits per heavy atom. The zero-order chi connectivity index (χ0) is 12.4. The average Bonchev–Trinajstić information content (AvgIpc) is 2.82. The van der Waals surface area contributed by atoms with Crippen LogP contribution in [0.1, 0.15) is 33.8 Å². The summed E-state index contributed by atoms with van der Waals surface area (Å²) in [7, 11) is 0. The van der Waals surface area contributed by atoms with Gasteiger partial charge in [0.05, 0.1) is 11.3 Å². The lowest BCUT2D eigenvalue weighted by Gasteiger charge is -2.06. The number of fused-ring (bicyclic) bond motifs is 1. The molecular weight excluding hydrogens is 246 g/mol. The quantitative estimate of drug-likeness (QED) is 0.902. The maximum absolute atomic E-state index is 11.9. The van der Waals surface area contributed by atoms with Gasteiger partial charge in [-0.1, -0.05) is 0 Å². The van der Waals surface area contributed by atoms with Crippen molar-refractivity contribution >= 4 is 22.4 Å². The van der Waals surface area contributed by atoms with Crippen LogP contribution >= 0.6 is 11.3 Å². The molecule has 2 aromatic heterocycles. The number of amides is 1. The standard InChI is InChI=1S/C13H13N3OS/c17-12(9-4-3-7-14-8-9)16-13-15-10-5-1-2-6-11(10)18-13/h3-4,7-8H,1-2,5-6H2,(H,15,16,17). The number of anilines is 1. The normalized spacial score (nSPS) is 14.0. The number of aryl methyl sites for hydroxylation is 2. The third-order valence-corrected chi connectivity index (χ3v) is 4.06. The smallest absolute Gasteiger partial charge is 0.259 e. The molecule has 2 heterocycles. The van der Waals surface area contributed by atoms with Gasteiger partial charge >= 0.3 is 0 Å². The van der Waals surface area contributed by atoms with Gasteiger partial charge in [0.1, 0.15) is 0 Å². The lowest BCUT2D eigenvalue weighted by molar-refractivity contribution is 0.102. The Morgan fingerprint density at radius 3 is 3.00 bits per heavy atom. The van der Waals surface area contributed by atoms with Gasteiger partial charge in [0, 0.05) is 17.3 Å². The summed E-state index contributed by atoms with van der Waals surface area (Å²) in [6.07, 6.45) is 7.77. The molecule has 0 atom stereocenters. The van der Waals surface area contributed by atoms with Gasteiger partial charge in [0.25, 0.3) is 5.91 Å². The van der Waals surface area contributed by atoms with Crippen LogP contribution in [0.4, 0.5) is 5.13 Å². The highest BCUT2D eigenvalue weighted by molar-refractivity contribution is 7.15. The van der Waals surface area contributed by atoms with Gasteiger partial charge in [-0.25, -0.2) is 4.98 Å². The van der Waals surface area contributed by atoms with Crippen molar-refractivity contribution in [2.24, 2.45) is 0 Å². The number of thiazole rings is 1. The fraction of sp³-hybridized carbons (Fsp3) is 0.308. The lowest BCUT2D eigenvalue weighted by Crippen LogP contribution is -2.11. The summed E-state index contributed by atoms with van der Waals surface area (Å²) >= 11 is 1.59. The molecule has 5 heteroatoms. The monoisotopic (exact) mass is 259 g/mol. The molecule has 0 spiro atoms. The Hall–Kier alpha value is -1.75. The Labute approximate surface area is 109 Å². The molecule has 1 N–H and O–H groups in total. The van der Waals surface area contributed by atoms with Crippen LogP contribution in [0.5, 0.6) is 0 Å². The topological polar surface area (TPSA) is 54.9 Å². The summed E-state index contributed by atoms with van der Waals surface area (Å²) in [6.45, 7) is 0. The molecule has 0 radical (unpaired) electrons. The van der Waals surface area contributed by atoms with Crippen LogP contribution in [0.3, 0.4) is 0 Å². The predicted molar refractivity (Wildman–Crippen MR) is 70.9 cm³/mol. The number of nitrogens with zero attached hydrogens (tertiary/aromatic N) is 2. The zero-order valence-electron chi connectivity index (χ0n) is 9.85. The number of pyridine rings is 1. The van der Waals surface area contributed by atoms with Crippen LogP contribution in [-0.2, 0) is 12.8 Å². The molecule has 1 aliphatic rings. The summed E-state index contributed by atoms with van der Waals surface area (Å²) in [5, 5.41) is 3.55. The van der Waals surface area contributed by atoms with E-state index in [9.17, 15) is 4.79 Å². The van der Waals surface area contributed by atoms with Crippen molar-refractivity contribution < 1.29 is 4.79 Å². The number of carbonyl (C=O) groups is 1. The minimum atomic E-state index is -0.144. The van der Waals surface area contributed by atoms with E-state index in [4.69, 9.17) is 0 Å². The molecule has 0 unspecified atom stereocenters. The molecule has 1 aliphatic carbocycles. The van der Waals surface area contributed by atoms with Gasteiger partial charge in [-0.2, -0.15) is 0 Å².